The van der Waals surface area contributed by atoms with E-state index < -0.39 is 18.1 Å². The van der Waals surface area contributed by atoms with Crippen molar-refractivity contribution in [2.24, 2.45) is 0 Å². The second kappa shape index (κ2) is 9.68. The summed E-state index contributed by atoms with van der Waals surface area (Å²) in [6.07, 6.45) is 4.22. The monoisotopic (exact) mass is 435 g/mol. The normalized spacial score (nSPS) is 22.8. The fraction of sp³-hybridized carbons (Fsp3) is 0.320. The number of hydrogen-bond acceptors (Lipinski definition) is 6. The summed E-state index contributed by atoms with van der Waals surface area (Å²) in [5.41, 5.74) is 2.15. The van der Waals surface area contributed by atoms with Crippen molar-refractivity contribution in [3.63, 3.8) is 0 Å². The summed E-state index contributed by atoms with van der Waals surface area (Å²) >= 11 is 0. The number of fused-ring (bicyclic) bond motifs is 4. The van der Waals surface area contributed by atoms with Crippen molar-refractivity contribution in [1.82, 2.24) is 0 Å². The maximum atomic E-state index is 13.1. The molecule has 0 radical (unpaired) electrons. The fourth-order valence-corrected chi connectivity index (χ4v) is 3.91. The molecule has 2 bridgehead atoms. The Balaban J connectivity index is 1.70. The Morgan fingerprint density at radius 2 is 1.59 bits per heavy atom. The zero-order valence-corrected chi connectivity index (χ0v) is 17.9. The van der Waals surface area contributed by atoms with Crippen LogP contribution in [0.25, 0.3) is 0 Å². The number of β-lactam (4-membered cyclic amide) rings is 1. The molecule has 1 saturated heterocycles. The van der Waals surface area contributed by atoms with Crippen LogP contribution in [-0.2, 0) is 30.5 Å². The SMILES string of the molecule is COc1ccc([C@H]2[C@@H]3OC(=O)CC/C=C/CCC(=O)OCc4ccccc4N2C3=O)cc1. The van der Waals surface area contributed by atoms with Crippen LogP contribution in [0.15, 0.2) is 60.7 Å². The van der Waals surface area contributed by atoms with Crippen molar-refractivity contribution in [3.05, 3.63) is 71.8 Å². The van der Waals surface area contributed by atoms with Crippen molar-refractivity contribution < 1.29 is 28.6 Å². The van der Waals surface area contributed by atoms with E-state index in [1.54, 1.807) is 24.1 Å². The molecule has 1 fully saturated rings. The average molecular weight is 435 g/mol. The van der Waals surface area contributed by atoms with E-state index in [0.29, 0.717) is 29.8 Å². The summed E-state index contributed by atoms with van der Waals surface area (Å²) in [7, 11) is 1.58. The number of esters is 2. The van der Waals surface area contributed by atoms with Crippen LogP contribution in [0.5, 0.6) is 5.75 Å². The van der Waals surface area contributed by atoms with Gasteiger partial charge in [0.15, 0.2) is 0 Å². The van der Waals surface area contributed by atoms with E-state index in [9.17, 15) is 14.4 Å². The fourth-order valence-electron chi connectivity index (χ4n) is 3.91. The Labute approximate surface area is 186 Å². The highest BCUT2D eigenvalue weighted by atomic mass is 16.6. The van der Waals surface area contributed by atoms with Gasteiger partial charge in [-0.15, -0.1) is 0 Å². The molecule has 2 aromatic carbocycles. The van der Waals surface area contributed by atoms with Crippen molar-refractivity contribution in [2.75, 3.05) is 12.0 Å². The summed E-state index contributed by atoms with van der Waals surface area (Å²) in [5, 5.41) is 0. The van der Waals surface area contributed by atoms with Crippen LogP contribution in [0.1, 0.15) is 42.9 Å². The summed E-state index contributed by atoms with van der Waals surface area (Å²) in [6, 6.07) is 14.1. The number of anilines is 1. The molecule has 0 spiro atoms. The highest BCUT2D eigenvalue weighted by molar-refractivity contribution is 6.06. The molecule has 1 amide bonds. The molecule has 166 valence electrons. The number of benzene rings is 2. The molecule has 32 heavy (non-hydrogen) atoms. The van der Waals surface area contributed by atoms with E-state index in [4.69, 9.17) is 14.2 Å². The van der Waals surface area contributed by atoms with Gasteiger partial charge in [0.2, 0.25) is 6.10 Å². The summed E-state index contributed by atoms with van der Waals surface area (Å²) < 4.78 is 16.3. The van der Waals surface area contributed by atoms with E-state index in [2.05, 4.69) is 0 Å². The summed E-state index contributed by atoms with van der Waals surface area (Å²) in [6.45, 7) is 0.0578. The number of nitrogens with zero attached hydrogens (tertiary/aromatic N) is 1. The van der Waals surface area contributed by atoms with E-state index in [0.717, 1.165) is 5.56 Å². The lowest BCUT2D eigenvalue weighted by atomic mass is 9.89. The topological polar surface area (TPSA) is 82.1 Å². The largest absolute Gasteiger partial charge is 0.497 e. The first-order chi connectivity index (χ1) is 15.6. The molecule has 4 rings (SSSR count). The van der Waals surface area contributed by atoms with Crippen LogP contribution in [0.3, 0.4) is 0 Å². The maximum absolute atomic E-state index is 13.1. The standard InChI is InChI=1S/C25H25NO6/c1-30-19-14-12-17(13-15-19)23-24-25(29)26(23)20-9-7-6-8-18(20)16-31-21(27)10-4-2-3-5-11-22(28)32-24/h2-3,6-9,12-15,23-24H,4-5,10-11,16H2,1H3/b3-2+/t23-,24-/m0/s1. The number of methoxy groups -OCH3 is 1. The van der Waals surface area contributed by atoms with Crippen LogP contribution in [0.2, 0.25) is 0 Å². The van der Waals surface area contributed by atoms with Gasteiger partial charge in [0.25, 0.3) is 5.91 Å². The number of carbonyl (C=O) groups excluding carboxylic acids is 3. The molecule has 2 aliphatic rings. The van der Waals surface area contributed by atoms with Gasteiger partial charge in [0, 0.05) is 18.4 Å². The number of carbonyl (C=O) groups is 3. The lowest BCUT2D eigenvalue weighted by Gasteiger charge is -2.46. The zero-order chi connectivity index (χ0) is 22.5. The van der Waals surface area contributed by atoms with Gasteiger partial charge in [-0.2, -0.15) is 0 Å². The third kappa shape index (κ3) is 4.51. The minimum Gasteiger partial charge on any atom is -0.497 e. The van der Waals surface area contributed by atoms with Gasteiger partial charge in [0.1, 0.15) is 18.4 Å². The van der Waals surface area contributed by atoms with Crippen LogP contribution < -0.4 is 9.64 Å². The molecule has 2 heterocycles. The lowest BCUT2D eigenvalue weighted by Crippen LogP contribution is -2.61. The molecule has 0 unspecified atom stereocenters. The number of hydrogen-bond donors (Lipinski definition) is 0. The minimum absolute atomic E-state index is 0.0578. The first kappa shape index (κ1) is 21.6. The van der Waals surface area contributed by atoms with Crippen LogP contribution in [0, 0.1) is 0 Å². The molecule has 0 saturated carbocycles. The van der Waals surface area contributed by atoms with Gasteiger partial charge in [0.05, 0.1) is 12.8 Å². The van der Waals surface area contributed by atoms with Crippen molar-refractivity contribution in [2.45, 2.75) is 44.4 Å². The van der Waals surface area contributed by atoms with E-state index >= 15 is 0 Å². The Morgan fingerprint density at radius 1 is 0.906 bits per heavy atom. The molecule has 0 aromatic heterocycles. The number of allylic oxidation sites excluding steroid dienone is 2. The van der Waals surface area contributed by atoms with Crippen molar-refractivity contribution in [1.29, 1.82) is 0 Å². The number of rotatable bonds is 2. The van der Waals surface area contributed by atoms with E-state index in [1.165, 1.54) is 0 Å². The van der Waals surface area contributed by atoms with E-state index in [-0.39, 0.29) is 31.3 Å². The van der Waals surface area contributed by atoms with Crippen LogP contribution >= 0.6 is 0 Å². The zero-order valence-electron chi connectivity index (χ0n) is 17.9. The number of para-hydroxylation sites is 1. The van der Waals surface area contributed by atoms with Crippen LogP contribution in [0.4, 0.5) is 5.69 Å². The van der Waals surface area contributed by atoms with Gasteiger partial charge in [-0.25, -0.2) is 0 Å². The third-order valence-corrected chi connectivity index (χ3v) is 5.60. The summed E-state index contributed by atoms with van der Waals surface area (Å²) in [5.74, 6) is -0.352. The maximum Gasteiger partial charge on any atom is 0.306 e. The molecular formula is C25H25NO6. The molecule has 2 aromatic rings. The van der Waals surface area contributed by atoms with E-state index in [1.807, 2.05) is 48.6 Å². The number of amides is 1. The molecule has 2 aliphatic heterocycles. The molecular weight excluding hydrogens is 410 g/mol. The number of cyclic esters (lactones) is 1. The predicted octanol–water partition coefficient (Wildman–Crippen LogP) is 3.87. The smallest absolute Gasteiger partial charge is 0.306 e. The quantitative estimate of drug-likeness (QED) is 0.405. The second-order valence-electron chi connectivity index (χ2n) is 7.67. The Kier molecular flexibility index (Phi) is 6.54. The second-order valence-corrected chi connectivity index (χ2v) is 7.67. The molecule has 0 aliphatic carbocycles. The predicted molar refractivity (Wildman–Crippen MR) is 117 cm³/mol. The van der Waals surface area contributed by atoms with Gasteiger partial charge >= 0.3 is 11.9 Å². The van der Waals surface area contributed by atoms with Gasteiger partial charge in [-0.1, -0.05) is 42.5 Å². The van der Waals surface area contributed by atoms with Gasteiger partial charge in [-0.05, 0) is 36.6 Å². The Hall–Kier alpha value is -3.61. The molecule has 7 heteroatoms. The highest BCUT2D eigenvalue weighted by Gasteiger charge is 2.52. The Morgan fingerprint density at radius 3 is 2.31 bits per heavy atom. The molecule has 2 atom stereocenters. The third-order valence-electron chi connectivity index (χ3n) is 5.60. The first-order valence-corrected chi connectivity index (χ1v) is 10.6. The van der Waals surface area contributed by atoms with Gasteiger partial charge in [-0.3, -0.25) is 19.3 Å². The van der Waals surface area contributed by atoms with Crippen LogP contribution in [-0.4, -0.2) is 31.1 Å². The van der Waals surface area contributed by atoms with Crippen molar-refractivity contribution in [3.8, 4) is 5.75 Å². The highest BCUT2D eigenvalue weighted by Crippen LogP contribution is 2.43. The van der Waals surface area contributed by atoms with Crippen molar-refractivity contribution >= 4 is 23.5 Å². The first-order valence-electron chi connectivity index (χ1n) is 10.6. The number of ether oxygens (including phenoxy) is 3. The summed E-state index contributed by atoms with van der Waals surface area (Å²) in [4.78, 5) is 39.3. The minimum atomic E-state index is -0.914. The van der Waals surface area contributed by atoms with Gasteiger partial charge < -0.3 is 14.2 Å². The average Bonchev–Trinajstić information content (AvgIpc) is 2.81. The Bertz CT molecular complexity index is 1030. The lowest BCUT2D eigenvalue weighted by molar-refractivity contribution is -0.162. The molecule has 0 N–H and O–H groups in total. The molecule has 7 nitrogen and oxygen atoms in total.